The van der Waals surface area contributed by atoms with Gasteiger partial charge in [-0.05, 0) is 71.6 Å². The normalized spacial score (nSPS) is 13.1. The van der Waals surface area contributed by atoms with Gasteiger partial charge in [-0.3, -0.25) is 14.4 Å². The quantitative estimate of drug-likeness (QED) is 0.219. The zero-order valence-electron chi connectivity index (χ0n) is 24.1. The first-order chi connectivity index (χ1) is 18.9. The summed E-state index contributed by atoms with van der Waals surface area (Å²) < 4.78 is 21.5. The average molecular weight is 557 g/mol. The third-order valence-corrected chi connectivity index (χ3v) is 6.16. The molecule has 0 aliphatic carbocycles. The standard InChI is InChI=1S/C30H40N2O8/c1-7-37-25(33)22(17-15-20-13-11-10-12-14-20)30(27(35)38-8-2,28(36)39-9-3)24(31)21-16-18-23(32-19-21)26(34)40-29(4,5)6/h10-14,16,18-19,22,24H,7-9,15,17,31H2,1-6H3. The third kappa shape index (κ3) is 7.88. The highest BCUT2D eigenvalue weighted by Crippen LogP contribution is 2.45. The fourth-order valence-electron chi connectivity index (χ4n) is 4.37. The van der Waals surface area contributed by atoms with Crippen molar-refractivity contribution < 1.29 is 38.1 Å². The minimum absolute atomic E-state index is 0.00904. The van der Waals surface area contributed by atoms with Crippen LogP contribution in [0, 0.1) is 11.3 Å². The molecule has 10 nitrogen and oxygen atoms in total. The smallest absolute Gasteiger partial charge is 0.357 e. The van der Waals surface area contributed by atoms with Crippen LogP contribution in [0.15, 0.2) is 48.7 Å². The molecule has 2 N–H and O–H groups in total. The van der Waals surface area contributed by atoms with Crippen molar-refractivity contribution >= 4 is 23.9 Å². The molecule has 0 saturated carbocycles. The molecule has 40 heavy (non-hydrogen) atoms. The molecular formula is C30H40N2O8. The van der Waals surface area contributed by atoms with E-state index in [2.05, 4.69) is 4.98 Å². The lowest BCUT2D eigenvalue weighted by molar-refractivity contribution is -0.186. The van der Waals surface area contributed by atoms with E-state index < -0.39 is 46.9 Å². The number of carbonyl (C=O) groups is 4. The number of nitrogens with two attached hydrogens (primary N) is 1. The molecule has 10 heteroatoms. The van der Waals surface area contributed by atoms with Gasteiger partial charge in [0.2, 0.25) is 0 Å². The van der Waals surface area contributed by atoms with E-state index in [4.69, 9.17) is 24.7 Å². The van der Waals surface area contributed by atoms with E-state index >= 15 is 0 Å². The Kier molecular flexibility index (Phi) is 11.8. The van der Waals surface area contributed by atoms with Crippen molar-refractivity contribution in [1.29, 1.82) is 0 Å². The fraction of sp³-hybridized carbons (Fsp3) is 0.500. The van der Waals surface area contributed by atoms with Gasteiger partial charge in [0.1, 0.15) is 11.3 Å². The van der Waals surface area contributed by atoms with Gasteiger partial charge in [0, 0.05) is 6.20 Å². The van der Waals surface area contributed by atoms with Crippen molar-refractivity contribution in [3.8, 4) is 0 Å². The van der Waals surface area contributed by atoms with Crippen molar-refractivity contribution in [2.24, 2.45) is 17.1 Å². The Morgan fingerprint density at radius 2 is 1.43 bits per heavy atom. The predicted molar refractivity (Wildman–Crippen MR) is 147 cm³/mol. The van der Waals surface area contributed by atoms with Gasteiger partial charge in [0.25, 0.3) is 0 Å². The molecule has 2 unspecified atom stereocenters. The van der Waals surface area contributed by atoms with Crippen LogP contribution in [0.2, 0.25) is 0 Å². The molecule has 0 aliphatic heterocycles. The largest absolute Gasteiger partial charge is 0.466 e. The molecule has 2 rings (SSSR count). The van der Waals surface area contributed by atoms with Crippen LogP contribution in [0.5, 0.6) is 0 Å². The molecule has 0 bridgehead atoms. The molecule has 2 atom stereocenters. The number of hydrogen-bond donors (Lipinski definition) is 1. The molecular weight excluding hydrogens is 516 g/mol. The maximum absolute atomic E-state index is 13.8. The van der Waals surface area contributed by atoms with Crippen LogP contribution in [-0.4, -0.2) is 54.3 Å². The number of aromatic nitrogens is 1. The van der Waals surface area contributed by atoms with E-state index in [0.29, 0.717) is 6.42 Å². The Morgan fingerprint density at radius 3 is 1.90 bits per heavy atom. The van der Waals surface area contributed by atoms with Crippen molar-refractivity contribution in [1.82, 2.24) is 4.98 Å². The number of ether oxygens (including phenoxy) is 4. The van der Waals surface area contributed by atoms with E-state index in [1.54, 1.807) is 41.5 Å². The molecule has 1 aromatic carbocycles. The maximum atomic E-state index is 13.8. The van der Waals surface area contributed by atoms with Crippen molar-refractivity contribution in [2.75, 3.05) is 19.8 Å². The fourth-order valence-corrected chi connectivity index (χ4v) is 4.37. The first-order valence-corrected chi connectivity index (χ1v) is 13.4. The first-order valence-electron chi connectivity index (χ1n) is 13.4. The molecule has 2 aromatic rings. The lowest BCUT2D eigenvalue weighted by Gasteiger charge is -2.39. The number of nitrogens with zero attached hydrogens (tertiary/aromatic N) is 1. The summed E-state index contributed by atoms with van der Waals surface area (Å²) in [6.45, 7) is 9.85. The molecule has 1 heterocycles. The van der Waals surface area contributed by atoms with Gasteiger partial charge in [-0.1, -0.05) is 36.4 Å². The van der Waals surface area contributed by atoms with Gasteiger partial charge in [-0.2, -0.15) is 0 Å². The number of benzene rings is 1. The van der Waals surface area contributed by atoms with Gasteiger partial charge in [0.15, 0.2) is 5.41 Å². The highest BCUT2D eigenvalue weighted by Gasteiger charge is 2.62. The Morgan fingerprint density at radius 1 is 0.850 bits per heavy atom. The summed E-state index contributed by atoms with van der Waals surface area (Å²) >= 11 is 0. The van der Waals surface area contributed by atoms with Crippen LogP contribution in [0.4, 0.5) is 0 Å². The molecule has 218 valence electrons. The van der Waals surface area contributed by atoms with Crippen LogP contribution in [0.25, 0.3) is 0 Å². The van der Waals surface area contributed by atoms with Gasteiger partial charge in [-0.25, -0.2) is 9.78 Å². The molecule has 0 spiro atoms. The molecule has 0 aliphatic rings. The summed E-state index contributed by atoms with van der Waals surface area (Å²) in [5.74, 6) is -4.81. The predicted octanol–water partition coefficient (Wildman–Crippen LogP) is 3.96. The molecule has 1 aromatic heterocycles. The van der Waals surface area contributed by atoms with Crippen LogP contribution in [-0.2, 0) is 39.8 Å². The first kappa shape index (κ1) is 32.4. The van der Waals surface area contributed by atoms with E-state index in [0.717, 1.165) is 5.56 Å². The minimum Gasteiger partial charge on any atom is -0.466 e. The van der Waals surface area contributed by atoms with Gasteiger partial charge in [0.05, 0.1) is 31.8 Å². The van der Waals surface area contributed by atoms with Crippen molar-refractivity contribution in [3.05, 3.63) is 65.5 Å². The number of hydrogen-bond acceptors (Lipinski definition) is 10. The number of carbonyl (C=O) groups excluding carboxylic acids is 4. The summed E-state index contributed by atoms with van der Waals surface area (Å²) in [6.07, 6.45) is 1.65. The van der Waals surface area contributed by atoms with Gasteiger partial charge >= 0.3 is 23.9 Å². The average Bonchev–Trinajstić information content (AvgIpc) is 2.90. The zero-order valence-corrected chi connectivity index (χ0v) is 24.1. The summed E-state index contributed by atoms with van der Waals surface area (Å²) in [5.41, 5.74) is 4.77. The van der Waals surface area contributed by atoms with Crippen LogP contribution in [0.3, 0.4) is 0 Å². The maximum Gasteiger partial charge on any atom is 0.357 e. The van der Waals surface area contributed by atoms with Crippen LogP contribution in [0.1, 0.15) is 75.6 Å². The molecule has 0 saturated heterocycles. The van der Waals surface area contributed by atoms with Gasteiger partial charge in [-0.15, -0.1) is 0 Å². The Balaban J connectivity index is 2.68. The molecule has 0 fully saturated rings. The van der Waals surface area contributed by atoms with Gasteiger partial charge < -0.3 is 24.7 Å². The molecule has 0 radical (unpaired) electrons. The SMILES string of the molecule is CCOC(=O)C(CCc1ccccc1)C(C(=O)OCC)(C(=O)OCC)C(N)c1ccc(C(=O)OC(C)(C)C)nc1. The van der Waals surface area contributed by atoms with E-state index in [1.807, 2.05) is 30.3 Å². The summed E-state index contributed by atoms with van der Waals surface area (Å²) in [5, 5.41) is 0. The molecule has 0 amide bonds. The van der Waals surface area contributed by atoms with Crippen LogP contribution >= 0.6 is 0 Å². The summed E-state index contributed by atoms with van der Waals surface area (Å²) in [4.78, 5) is 57.7. The Labute approximate surface area is 235 Å². The highest BCUT2D eigenvalue weighted by atomic mass is 16.6. The number of aryl methyl sites for hydroxylation is 1. The number of rotatable bonds is 13. The lowest BCUT2D eigenvalue weighted by Crippen LogP contribution is -2.57. The summed E-state index contributed by atoms with van der Waals surface area (Å²) in [7, 11) is 0. The van der Waals surface area contributed by atoms with E-state index in [-0.39, 0.29) is 37.5 Å². The van der Waals surface area contributed by atoms with Crippen molar-refractivity contribution in [2.45, 2.75) is 66.0 Å². The van der Waals surface area contributed by atoms with E-state index in [9.17, 15) is 19.2 Å². The van der Waals surface area contributed by atoms with Crippen LogP contribution < -0.4 is 5.73 Å². The topological polar surface area (TPSA) is 144 Å². The minimum atomic E-state index is -2.30. The Hall–Kier alpha value is -3.79. The highest BCUT2D eigenvalue weighted by molar-refractivity contribution is 6.05. The lowest BCUT2D eigenvalue weighted by atomic mass is 9.66. The number of pyridine rings is 1. The monoisotopic (exact) mass is 556 g/mol. The van der Waals surface area contributed by atoms with Crippen molar-refractivity contribution in [3.63, 3.8) is 0 Å². The second-order valence-corrected chi connectivity index (χ2v) is 10.1. The second-order valence-electron chi connectivity index (χ2n) is 10.1. The zero-order chi connectivity index (χ0) is 29.9. The van der Waals surface area contributed by atoms with E-state index in [1.165, 1.54) is 18.3 Å². The second kappa shape index (κ2) is 14.6. The number of esters is 4. The summed E-state index contributed by atoms with van der Waals surface area (Å²) in [6, 6.07) is 10.7. The third-order valence-electron chi connectivity index (χ3n) is 6.16. The Bertz CT molecular complexity index is 1120.